The molecule has 1 N–H and O–H groups in total. The summed E-state index contributed by atoms with van der Waals surface area (Å²) in [5, 5.41) is 12.4. The van der Waals surface area contributed by atoms with Crippen molar-refractivity contribution in [2.24, 2.45) is 0 Å². The Morgan fingerprint density at radius 3 is 2.73 bits per heavy atom. The van der Waals surface area contributed by atoms with Gasteiger partial charge in [0.15, 0.2) is 16.7 Å². The average Bonchev–Trinajstić information content (AvgIpc) is 3.47. The maximum absolute atomic E-state index is 12.9. The van der Waals surface area contributed by atoms with Crippen LogP contribution in [0.2, 0.25) is 0 Å². The predicted octanol–water partition coefficient (Wildman–Crippen LogP) is 4.07. The number of amides is 1. The van der Waals surface area contributed by atoms with Crippen LogP contribution in [0.25, 0.3) is 0 Å². The monoisotopic (exact) mass is 466 g/mol. The van der Waals surface area contributed by atoms with Crippen molar-refractivity contribution in [1.29, 1.82) is 0 Å². The quantitative estimate of drug-likeness (QED) is 0.525. The molecule has 1 amide bonds. The lowest BCUT2D eigenvalue weighted by molar-refractivity contribution is -0.115. The van der Waals surface area contributed by atoms with Crippen molar-refractivity contribution in [1.82, 2.24) is 14.8 Å². The van der Waals surface area contributed by atoms with Crippen molar-refractivity contribution >= 4 is 23.4 Å². The molecule has 2 aromatic carbocycles. The van der Waals surface area contributed by atoms with Crippen LogP contribution in [-0.2, 0) is 16.1 Å². The van der Waals surface area contributed by atoms with Gasteiger partial charge in [0.05, 0.1) is 11.8 Å². The van der Waals surface area contributed by atoms with E-state index in [1.54, 1.807) is 12.1 Å². The zero-order valence-electron chi connectivity index (χ0n) is 18.4. The molecule has 1 fully saturated rings. The first-order valence-corrected chi connectivity index (χ1v) is 12.0. The molecule has 1 atom stereocenters. The number of carbonyl (C=O) groups excluding carboxylic acids is 1. The summed E-state index contributed by atoms with van der Waals surface area (Å²) in [6, 6.07) is 15.6. The van der Waals surface area contributed by atoms with Crippen molar-refractivity contribution in [3.8, 4) is 11.5 Å². The molecule has 8 nitrogen and oxygen atoms in total. The van der Waals surface area contributed by atoms with E-state index in [4.69, 9.17) is 14.2 Å². The number of ether oxygens (including phenoxy) is 3. The standard InChI is InChI=1S/C24H26N4O4S/c1-16(23(29)25-19-7-8-20-21(13-19)32-15-31-20)33-24-27-26-22(18-9-11-30-12-10-18)28(24)14-17-5-3-2-4-6-17/h2-8,13,16,18H,9-12,14-15H2,1H3,(H,25,29). The van der Waals surface area contributed by atoms with Gasteiger partial charge in [0, 0.05) is 30.9 Å². The predicted molar refractivity (Wildman–Crippen MR) is 125 cm³/mol. The normalized spacial score (nSPS) is 16.5. The molecule has 1 unspecified atom stereocenters. The lowest BCUT2D eigenvalue weighted by Crippen LogP contribution is -2.23. The highest BCUT2D eigenvalue weighted by atomic mass is 32.2. The summed E-state index contributed by atoms with van der Waals surface area (Å²) in [4.78, 5) is 12.9. The second kappa shape index (κ2) is 9.84. The third kappa shape index (κ3) is 4.99. The van der Waals surface area contributed by atoms with Crippen LogP contribution in [0.4, 0.5) is 5.69 Å². The van der Waals surface area contributed by atoms with Gasteiger partial charge in [-0.3, -0.25) is 4.79 Å². The van der Waals surface area contributed by atoms with E-state index < -0.39 is 0 Å². The molecule has 9 heteroatoms. The number of hydrogen-bond acceptors (Lipinski definition) is 7. The molecule has 5 rings (SSSR count). The molecule has 1 saturated heterocycles. The fourth-order valence-electron chi connectivity index (χ4n) is 3.99. The third-order valence-corrected chi connectivity index (χ3v) is 6.89. The van der Waals surface area contributed by atoms with Crippen LogP contribution in [0, 0.1) is 0 Å². The molecule has 33 heavy (non-hydrogen) atoms. The highest BCUT2D eigenvalue weighted by molar-refractivity contribution is 8.00. The van der Waals surface area contributed by atoms with Crippen LogP contribution in [0.5, 0.6) is 11.5 Å². The SMILES string of the molecule is CC(Sc1nnc(C2CCOCC2)n1Cc1ccccc1)C(=O)Nc1ccc2c(c1)OCO2. The number of nitrogens with zero attached hydrogens (tertiary/aromatic N) is 3. The van der Waals surface area contributed by atoms with Crippen molar-refractivity contribution < 1.29 is 19.0 Å². The third-order valence-electron chi connectivity index (χ3n) is 5.81. The van der Waals surface area contributed by atoms with Gasteiger partial charge in [-0.05, 0) is 37.5 Å². The van der Waals surface area contributed by atoms with Gasteiger partial charge in [-0.15, -0.1) is 10.2 Å². The number of anilines is 1. The van der Waals surface area contributed by atoms with Crippen LogP contribution in [0.1, 0.15) is 37.1 Å². The van der Waals surface area contributed by atoms with E-state index in [9.17, 15) is 4.79 Å². The summed E-state index contributed by atoms with van der Waals surface area (Å²) >= 11 is 1.42. The minimum absolute atomic E-state index is 0.110. The van der Waals surface area contributed by atoms with Crippen LogP contribution < -0.4 is 14.8 Å². The van der Waals surface area contributed by atoms with Crippen LogP contribution in [0.3, 0.4) is 0 Å². The molecule has 2 aliphatic heterocycles. The molecule has 3 heterocycles. The van der Waals surface area contributed by atoms with Crippen LogP contribution in [-0.4, -0.2) is 45.9 Å². The Morgan fingerprint density at radius 1 is 1.12 bits per heavy atom. The Hall–Kier alpha value is -3.04. The Balaban J connectivity index is 1.33. The Labute approximate surface area is 196 Å². The molecule has 0 saturated carbocycles. The summed E-state index contributed by atoms with van der Waals surface area (Å²) in [7, 11) is 0. The zero-order chi connectivity index (χ0) is 22.6. The minimum atomic E-state index is -0.364. The lowest BCUT2D eigenvalue weighted by Gasteiger charge is -2.22. The Bertz CT molecular complexity index is 1110. The first kappa shape index (κ1) is 21.8. The average molecular weight is 467 g/mol. The topological polar surface area (TPSA) is 87.5 Å². The lowest BCUT2D eigenvalue weighted by atomic mass is 9.99. The largest absolute Gasteiger partial charge is 0.454 e. The van der Waals surface area contributed by atoms with Crippen LogP contribution in [0.15, 0.2) is 53.7 Å². The maximum atomic E-state index is 12.9. The molecular formula is C24H26N4O4S. The summed E-state index contributed by atoms with van der Waals surface area (Å²) in [5.41, 5.74) is 1.84. The number of nitrogens with one attached hydrogen (secondary N) is 1. The molecule has 0 bridgehead atoms. The van der Waals surface area contributed by atoms with E-state index in [1.807, 2.05) is 31.2 Å². The van der Waals surface area contributed by atoms with Gasteiger partial charge < -0.3 is 24.1 Å². The number of carbonyl (C=O) groups is 1. The van der Waals surface area contributed by atoms with Gasteiger partial charge >= 0.3 is 0 Å². The molecule has 172 valence electrons. The molecule has 1 aromatic heterocycles. The summed E-state index contributed by atoms with van der Waals surface area (Å²) in [5.74, 6) is 2.48. The molecule has 0 aliphatic carbocycles. The van der Waals surface area contributed by atoms with Gasteiger partial charge in [0.2, 0.25) is 12.7 Å². The zero-order valence-corrected chi connectivity index (χ0v) is 19.2. The molecular weight excluding hydrogens is 440 g/mol. The van der Waals surface area contributed by atoms with E-state index >= 15 is 0 Å². The second-order valence-corrected chi connectivity index (χ2v) is 9.42. The van der Waals surface area contributed by atoms with Crippen molar-refractivity contribution in [3.05, 3.63) is 59.9 Å². The smallest absolute Gasteiger partial charge is 0.237 e. The number of aromatic nitrogens is 3. The first-order chi connectivity index (χ1) is 16.2. The number of hydrogen-bond donors (Lipinski definition) is 1. The second-order valence-electron chi connectivity index (χ2n) is 8.12. The summed E-state index contributed by atoms with van der Waals surface area (Å²) < 4.78 is 18.4. The summed E-state index contributed by atoms with van der Waals surface area (Å²) in [6.07, 6.45) is 1.86. The molecule has 0 radical (unpaired) electrons. The van der Waals surface area contributed by atoms with E-state index in [0.717, 1.165) is 37.0 Å². The Kier molecular flexibility index (Phi) is 6.50. The maximum Gasteiger partial charge on any atom is 0.237 e. The number of rotatable bonds is 7. The molecule has 2 aliphatic rings. The number of thioether (sulfide) groups is 1. The number of benzene rings is 2. The van der Waals surface area contributed by atoms with E-state index in [-0.39, 0.29) is 18.0 Å². The van der Waals surface area contributed by atoms with Crippen molar-refractivity contribution in [2.75, 3.05) is 25.3 Å². The van der Waals surface area contributed by atoms with Gasteiger partial charge in [-0.2, -0.15) is 0 Å². The number of fused-ring (bicyclic) bond motifs is 1. The molecule has 0 spiro atoms. The van der Waals surface area contributed by atoms with Crippen LogP contribution >= 0.6 is 11.8 Å². The highest BCUT2D eigenvalue weighted by Crippen LogP contribution is 2.35. The van der Waals surface area contributed by atoms with Gasteiger partial charge in [0.1, 0.15) is 5.82 Å². The molecule has 3 aromatic rings. The first-order valence-electron chi connectivity index (χ1n) is 11.1. The minimum Gasteiger partial charge on any atom is -0.454 e. The highest BCUT2D eigenvalue weighted by Gasteiger charge is 2.26. The Morgan fingerprint density at radius 2 is 1.91 bits per heavy atom. The van der Waals surface area contributed by atoms with Crippen molar-refractivity contribution in [2.45, 2.75) is 42.6 Å². The fraction of sp³-hybridized carbons (Fsp3) is 0.375. The van der Waals surface area contributed by atoms with Crippen molar-refractivity contribution in [3.63, 3.8) is 0 Å². The fourth-order valence-corrected chi connectivity index (χ4v) is 4.84. The van der Waals surface area contributed by atoms with E-state index in [2.05, 4.69) is 32.2 Å². The van der Waals surface area contributed by atoms with E-state index in [0.29, 0.717) is 29.6 Å². The van der Waals surface area contributed by atoms with Gasteiger partial charge in [-0.25, -0.2) is 0 Å². The van der Waals surface area contributed by atoms with E-state index in [1.165, 1.54) is 17.3 Å². The van der Waals surface area contributed by atoms with Gasteiger partial charge in [0.25, 0.3) is 0 Å². The summed E-state index contributed by atoms with van der Waals surface area (Å²) in [6.45, 7) is 4.22. The van der Waals surface area contributed by atoms with Gasteiger partial charge in [-0.1, -0.05) is 42.1 Å².